The van der Waals surface area contributed by atoms with Gasteiger partial charge >= 0.3 is 6.03 Å². The molecule has 1 fully saturated rings. The van der Waals surface area contributed by atoms with Gasteiger partial charge in [-0.15, -0.1) is 0 Å². The highest BCUT2D eigenvalue weighted by Crippen LogP contribution is 2.30. The number of aryl methyl sites for hydroxylation is 1. The van der Waals surface area contributed by atoms with Gasteiger partial charge in [0.15, 0.2) is 11.5 Å². The third kappa shape index (κ3) is 5.26. The number of rotatable bonds is 4. The Hall–Kier alpha value is -1.95. The van der Waals surface area contributed by atoms with Crippen molar-refractivity contribution in [2.45, 2.75) is 39.8 Å². The van der Waals surface area contributed by atoms with E-state index >= 15 is 0 Å². The molecule has 0 unspecified atom stereocenters. The molecule has 1 aromatic rings. The molecular weight excluding hydrogens is 318 g/mol. The number of nitrogens with zero attached hydrogens (tertiary/aromatic N) is 2. The molecule has 1 heterocycles. The number of carbonyl (C=O) groups is 1. The van der Waals surface area contributed by atoms with Gasteiger partial charge in [-0.25, -0.2) is 4.79 Å². The lowest BCUT2D eigenvalue weighted by molar-refractivity contribution is 0.130. The lowest BCUT2D eigenvalue weighted by atomic mass is 10.1. The predicted octanol–water partition coefficient (Wildman–Crippen LogP) is 2.64. The number of methoxy groups -OCH3 is 2. The van der Waals surface area contributed by atoms with Crippen LogP contribution in [0.15, 0.2) is 12.1 Å². The maximum absolute atomic E-state index is 12.3. The van der Waals surface area contributed by atoms with Gasteiger partial charge in [-0.1, -0.05) is 0 Å². The molecule has 1 saturated heterocycles. The van der Waals surface area contributed by atoms with Crippen molar-refractivity contribution in [2.75, 3.05) is 40.4 Å². The molecule has 6 nitrogen and oxygen atoms in total. The molecule has 0 bridgehead atoms. The molecule has 0 aliphatic carbocycles. The highest BCUT2D eigenvalue weighted by atomic mass is 16.5. The summed E-state index contributed by atoms with van der Waals surface area (Å²) in [7, 11) is 3.31. The Bertz CT molecular complexity index is 603. The number of carbonyl (C=O) groups excluding carboxylic acids is 1. The topological polar surface area (TPSA) is 54.0 Å². The zero-order valence-corrected chi connectivity index (χ0v) is 16.3. The number of benzene rings is 1. The van der Waals surface area contributed by atoms with Gasteiger partial charge < -0.3 is 19.7 Å². The molecule has 1 aliphatic heterocycles. The molecule has 0 aromatic heterocycles. The monoisotopic (exact) mass is 349 g/mol. The Balaban J connectivity index is 1.95. The summed E-state index contributed by atoms with van der Waals surface area (Å²) in [6, 6.07) is 4.09. The van der Waals surface area contributed by atoms with Gasteiger partial charge in [0.05, 0.1) is 14.2 Å². The number of hydrogen-bond acceptors (Lipinski definition) is 4. The van der Waals surface area contributed by atoms with Crippen LogP contribution in [-0.4, -0.2) is 61.8 Å². The maximum atomic E-state index is 12.3. The fraction of sp³-hybridized carbons (Fsp3) is 0.632. The van der Waals surface area contributed by atoms with Crippen molar-refractivity contribution in [3.63, 3.8) is 0 Å². The van der Waals surface area contributed by atoms with Gasteiger partial charge in [0, 0.05) is 38.3 Å². The van der Waals surface area contributed by atoms with E-state index in [1.807, 2.05) is 37.8 Å². The van der Waals surface area contributed by atoms with Crippen molar-refractivity contribution in [1.29, 1.82) is 0 Å². The van der Waals surface area contributed by atoms with Crippen LogP contribution >= 0.6 is 0 Å². The summed E-state index contributed by atoms with van der Waals surface area (Å²) < 4.78 is 10.8. The predicted molar refractivity (Wildman–Crippen MR) is 99.4 cm³/mol. The van der Waals surface area contributed by atoms with Crippen LogP contribution in [-0.2, 0) is 6.54 Å². The first-order chi connectivity index (χ1) is 11.7. The first kappa shape index (κ1) is 19.4. The molecule has 140 valence electrons. The van der Waals surface area contributed by atoms with Crippen LogP contribution in [0.1, 0.15) is 31.9 Å². The van der Waals surface area contributed by atoms with Gasteiger partial charge in [0.25, 0.3) is 0 Å². The van der Waals surface area contributed by atoms with Crippen LogP contribution in [0, 0.1) is 6.92 Å². The zero-order chi connectivity index (χ0) is 18.6. The van der Waals surface area contributed by atoms with E-state index in [2.05, 4.69) is 17.1 Å². The number of amides is 2. The number of urea groups is 1. The summed E-state index contributed by atoms with van der Waals surface area (Å²) in [6.07, 6.45) is 0. The van der Waals surface area contributed by atoms with E-state index < -0.39 is 0 Å². The summed E-state index contributed by atoms with van der Waals surface area (Å²) >= 11 is 0. The number of piperazine rings is 1. The molecule has 0 atom stereocenters. The number of hydrogen-bond donors (Lipinski definition) is 1. The molecule has 25 heavy (non-hydrogen) atoms. The Morgan fingerprint density at radius 3 is 2.16 bits per heavy atom. The van der Waals surface area contributed by atoms with Crippen LogP contribution in [0.25, 0.3) is 0 Å². The van der Waals surface area contributed by atoms with E-state index in [4.69, 9.17) is 9.47 Å². The molecule has 2 amide bonds. The van der Waals surface area contributed by atoms with Crippen molar-refractivity contribution in [3.8, 4) is 11.5 Å². The second kappa shape index (κ2) is 7.95. The fourth-order valence-electron chi connectivity index (χ4n) is 2.94. The molecule has 0 radical (unpaired) electrons. The minimum atomic E-state index is -0.203. The highest BCUT2D eigenvalue weighted by Gasteiger charge is 2.24. The minimum absolute atomic E-state index is 0.0226. The number of nitrogens with one attached hydrogen (secondary N) is 1. The van der Waals surface area contributed by atoms with E-state index in [-0.39, 0.29) is 11.6 Å². The van der Waals surface area contributed by atoms with E-state index in [1.54, 1.807) is 14.2 Å². The van der Waals surface area contributed by atoms with Crippen molar-refractivity contribution >= 4 is 6.03 Å². The van der Waals surface area contributed by atoms with Crippen molar-refractivity contribution in [3.05, 3.63) is 23.3 Å². The first-order valence-electron chi connectivity index (χ1n) is 8.74. The summed E-state index contributed by atoms with van der Waals surface area (Å²) in [6.45, 7) is 12.2. The van der Waals surface area contributed by atoms with Crippen molar-refractivity contribution in [1.82, 2.24) is 15.1 Å². The molecule has 1 aliphatic rings. The molecule has 0 saturated carbocycles. The summed E-state index contributed by atoms with van der Waals surface area (Å²) in [4.78, 5) is 16.5. The quantitative estimate of drug-likeness (QED) is 0.908. The highest BCUT2D eigenvalue weighted by molar-refractivity contribution is 5.75. The van der Waals surface area contributed by atoms with E-state index in [1.165, 1.54) is 11.1 Å². The van der Waals surface area contributed by atoms with Gasteiger partial charge in [0.2, 0.25) is 0 Å². The average Bonchev–Trinajstić information content (AvgIpc) is 2.55. The van der Waals surface area contributed by atoms with Crippen molar-refractivity contribution < 1.29 is 14.3 Å². The SMILES string of the molecule is COc1cc(C)c(CN2CCN(C(=O)NC(C)(C)C)CC2)cc1OC. The van der Waals surface area contributed by atoms with Crippen LogP contribution in [0.5, 0.6) is 11.5 Å². The minimum Gasteiger partial charge on any atom is -0.493 e. The number of ether oxygens (including phenoxy) is 2. The van der Waals surface area contributed by atoms with Crippen LogP contribution in [0.3, 0.4) is 0 Å². The second-order valence-electron chi connectivity index (χ2n) is 7.58. The third-order valence-electron chi connectivity index (χ3n) is 4.38. The fourth-order valence-corrected chi connectivity index (χ4v) is 2.94. The van der Waals surface area contributed by atoms with Gasteiger partial charge in [-0.3, -0.25) is 4.90 Å². The largest absolute Gasteiger partial charge is 0.493 e. The van der Waals surface area contributed by atoms with Crippen LogP contribution in [0.2, 0.25) is 0 Å². The Morgan fingerprint density at radius 1 is 1.08 bits per heavy atom. The first-order valence-corrected chi connectivity index (χ1v) is 8.74. The van der Waals surface area contributed by atoms with E-state index in [9.17, 15) is 4.79 Å². The normalized spacial score (nSPS) is 15.8. The maximum Gasteiger partial charge on any atom is 0.317 e. The second-order valence-corrected chi connectivity index (χ2v) is 7.58. The summed E-state index contributed by atoms with van der Waals surface area (Å²) in [5.41, 5.74) is 2.21. The van der Waals surface area contributed by atoms with E-state index in [0.29, 0.717) is 0 Å². The molecule has 1 N–H and O–H groups in total. The molecular formula is C19H31N3O3. The van der Waals surface area contributed by atoms with Crippen molar-refractivity contribution in [2.24, 2.45) is 0 Å². The average molecular weight is 349 g/mol. The molecule has 1 aromatic carbocycles. The Kier molecular flexibility index (Phi) is 6.16. The van der Waals surface area contributed by atoms with E-state index in [0.717, 1.165) is 44.2 Å². The third-order valence-corrected chi connectivity index (χ3v) is 4.38. The summed E-state index contributed by atoms with van der Waals surface area (Å²) in [5.74, 6) is 1.51. The van der Waals surface area contributed by atoms with Gasteiger partial charge in [0.1, 0.15) is 0 Å². The van der Waals surface area contributed by atoms with Crippen LogP contribution < -0.4 is 14.8 Å². The molecule has 6 heteroatoms. The Morgan fingerprint density at radius 2 is 1.64 bits per heavy atom. The van der Waals surface area contributed by atoms with Crippen LogP contribution in [0.4, 0.5) is 4.79 Å². The smallest absolute Gasteiger partial charge is 0.317 e. The lowest BCUT2D eigenvalue weighted by Gasteiger charge is -2.36. The molecule has 0 spiro atoms. The Labute approximate surface area is 151 Å². The molecule has 2 rings (SSSR count). The standard InChI is InChI=1S/C19H31N3O3/c1-14-11-16(24-5)17(25-6)12-15(14)13-21-7-9-22(10-8-21)18(23)20-19(2,3)4/h11-12H,7-10,13H2,1-6H3,(H,20,23). The summed E-state index contributed by atoms with van der Waals surface area (Å²) in [5, 5.41) is 3.03. The van der Waals surface area contributed by atoms with Gasteiger partial charge in [-0.2, -0.15) is 0 Å². The van der Waals surface area contributed by atoms with Gasteiger partial charge in [-0.05, 0) is 51.0 Å². The zero-order valence-electron chi connectivity index (χ0n) is 16.3. The lowest BCUT2D eigenvalue weighted by Crippen LogP contribution is -2.54.